The molecular formula is C12H8BrClN4O3. The standard InChI is InChI=1S/C12H8BrClN4O3/c13-8-2-1-6(3-9(8)14)17-12(19)7-4-11(15)16-5-10(7)18(20)21/h1-5H,(H2,15,16)(H,17,19). The summed E-state index contributed by atoms with van der Waals surface area (Å²) >= 11 is 9.14. The van der Waals surface area contributed by atoms with Crippen LogP contribution >= 0.6 is 27.5 Å². The molecule has 1 aromatic heterocycles. The van der Waals surface area contributed by atoms with Crippen molar-refractivity contribution in [1.29, 1.82) is 0 Å². The Hall–Kier alpha value is -2.19. The summed E-state index contributed by atoms with van der Waals surface area (Å²) in [5, 5.41) is 13.8. The molecule has 0 saturated heterocycles. The molecule has 0 aliphatic rings. The molecule has 0 spiro atoms. The lowest BCUT2D eigenvalue weighted by molar-refractivity contribution is -0.385. The third kappa shape index (κ3) is 3.47. The van der Waals surface area contributed by atoms with E-state index in [0.717, 1.165) is 12.3 Å². The first kappa shape index (κ1) is 15.2. The molecule has 0 unspecified atom stereocenters. The van der Waals surface area contributed by atoms with Gasteiger partial charge in [0.05, 0.1) is 9.95 Å². The van der Waals surface area contributed by atoms with Crippen molar-refractivity contribution in [2.45, 2.75) is 0 Å². The highest BCUT2D eigenvalue weighted by atomic mass is 79.9. The largest absolute Gasteiger partial charge is 0.384 e. The summed E-state index contributed by atoms with van der Waals surface area (Å²) in [6.07, 6.45) is 0.943. The molecule has 3 N–H and O–H groups in total. The lowest BCUT2D eigenvalue weighted by Crippen LogP contribution is -2.15. The maximum absolute atomic E-state index is 12.1. The van der Waals surface area contributed by atoms with Gasteiger partial charge >= 0.3 is 0 Å². The van der Waals surface area contributed by atoms with E-state index in [1.165, 1.54) is 6.07 Å². The molecular weight excluding hydrogens is 364 g/mol. The number of nitrogens with two attached hydrogens (primary N) is 1. The van der Waals surface area contributed by atoms with Crippen LogP contribution in [0, 0.1) is 10.1 Å². The zero-order valence-electron chi connectivity index (χ0n) is 10.3. The van der Waals surface area contributed by atoms with Crippen LogP contribution in [0.2, 0.25) is 5.02 Å². The number of pyridine rings is 1. The molecule has 108 valence electrons. The molecule has 2 rings (SSSR count). The SMILES string of the molecule is Nc1cc(C(=O)Nc2ccc(Br)c(Cl)c2)c([N+](=O)[O-])cn1. The average Bonchev–Trinajstić information content (AvgIpc) is 2.42. The Kier molecular flexibility index (Phi) is 4.39. The third-order valence-electron chi connectivity index (χ3n) is 2.52. The number of rotatable bonds is 3. The monoisotopic (exact) mass is 370 g/mol. The molecule has 1 heterocycles. The van der Waals surface area contributed by atoms with E-state index in [1.807, 2.05) is 0 Å². The van der Waals surface area contributed by atoms with E-state index in [0.29, 0.717) is 15.2 Å². The van der Waals surface area contributed by atoms with Gasteiger partial charge in [-0.15, -0.1) is 0 Å². The van der Waals surface area contributed by atoms with Gasteiger partial charge in [-0.2, -0.15) is 0 Å². The number of hydrogen-bond acceptors (Lipinski definition) is 5. The lowest BCUT2D eigenvalue weighted by atomic mass is 10.2. The third-order valence-corrected chi connectivity index (χ3v) is 3.76. The zero-order valence-corrected chi connectivity index (χ0v) is 12.7. The average molecular weight is 372 g/mol. The number of carbonyl (C=O) groups excluding carboxylic acids is 1. The van der Waals surface area contributed by atoms with Gasteiger partial charge in [0.2, 0.25) is 0 Å². The smallest absolute Gasteiger partial charge is 0.300 e. The highest BCUT2D eigenvalue weighted by molar-refractivity contribution is 9.10. The summed E-state index contributed by atoms with van der Waals surface area (Å²) in [5.74, 6) is -0.659. The number of nitro groups is 1. The maximum atomic E-state index is 12.1. The number of nitrogens with zero attached hydrogens (tertiary/aromatic N) is 2. The number of benzene rings is 1. The van der Waals surface area contributed by atoms with Crippen molar-refractivity contribution in [3.05, 3.63) is 55.6 Å². The van der Waals surface area contributed by atoms with Gasteiger partial charge in [-0.25, -0.2) is 4.98 Å². The van der Waals surface area contributed by atoms with E-state index in [1.54, 1.807) is 12.1 Å². The van der Waals surface area contributed by atoms with Crippen LogP contribution in [-0.2, 0) is 0 Å². The van der Waals surface area contributed by atoms with E-state index >= 15 is 0 Å². The summed E-state index contributed by atoms with van der Waals surface area (Å²) in [6, 6.07) is 5.91. The van der Waals surface area contributed by atoms with Crippen LogP contribution in [0.5, 0.6) is 0 Å². The number of halogens is 2. The first-order valence-corrected chi connectivity index (χ1v) is 6.72. The zero-order chi connectivity index (χ0) is 15.6. The fourth-order valence-electron chi connectivity index (χ4n) is 1.56. The molecule has 9 heteroatoms. The van der Waals surface area contributed by atoms with Crippen molar-refractivity contribution in [3.8, 4) is 0 Å². The van der Waals surface area contributed by atoms with Gasteiger partial charge in [-0.3, -0.25) is 14.9 Å². The predicted octanol–water partition coefficient (Wildman–Crippen LogP) is 3.24. The molecule has 21 heavy (non-hydrogen) atoms. The van der Waals surface area contributed by atoms with E-state index in [4.69, 9.17) is 17.3 Å². The minimum Gasteiger partial charge on any atom is -0.384 e. The van der Waals surface area contributed by atoms with Crippen molar-refractivity contribution in [2.75, 3.05) is 11.1 Å². The Morgan fingerprint density at radius 1 is 1.43 bits per heavy atom. The quantitative estimate of drug-likeness (QED) is 0.635. The molecule has 0 fully saturated rings. The second-order valence-corrected chi connectivity index (χ2v) is 5.23. The number of carbonyl (C=O) groups is 1. The van der Waals surface area contributed by atoms with E-state index < -0.39 is 16.5 Å². The van der Waals surface area contributed by atoms with Crippen LogP contribution in [-0.4, -0.2) is 15.8 Å². The van der Waals surface area contributed by atoms with Gasteiger partial charge in [-0.05, 0) is 40.2 Å². The second kappa shape index (κ2) is 6.06. The predicted molar refractivity (Wildman–Crippen MR) is 82.4 cm³/mol. The fourth-order valence-corrected chi connectivity index (χ4v) is 1.99. The van der Waals surface area contributed by atoms with E-state index in [9.17, 15) is 14.9 Å². The van der Waals surface area contributed by atoms with Gasteiger partial charge in [-0.1, -0.05) is 11.6 Å². The van der Waals surface area contributed by atoms with Crippen LogP contribution in [0.4, 0.5) is 17.2 Å². The summed E-state index contributed by atoms with van der Waals surface area (Å²) in [6.45, 7) is 0. The number of aromatic nitrogens is 1. The molecule has 0 aliphatic heterocycles. The highest BCUT2D eigenvalue weighted by Crippen LogP contribution is 2.26. The van der Waals surface area contributed by atoms with Crippen molar-refractivity contribution in [1.82, 2.24) is 4.98 Å². The van der Waals surface area contributed by atoms with Crippen LogP contribution in [0.15, 0.2) is 34.9 Å². The van der Waals surface area contributed by atoms with Gasteiger partial charge in [0.15, 0.2) is 0 Å². The Morgan fingerprint density at radius 3 is 2.76 bits per heavy atom. The summed E-state index contributed by atoms with van der Waals surface area (Å²) < 4.78 is 0.668. The van der Waals surface area contributed by atoms with Crippen molar-refractivity contribution < 1.29 is 9.72 Å². The fraction of sp³-hybridized carbons (Fsp3) is 0. The molecule has 1 aromatic carbocycles. The van der Waals surface area contributed by atoms with Gasteiger partial charge in [0.1, 0.15) is 17.6 Å². The van der Waals surface area contributed by atoms with Crippen molar-refractivity contribution in [2.24, 2.45) is 0 Å². The number of hydrogen-bond donors (Lipinski definition) is 2. The number of nitrogen functional groups attached to an aromatic ring is 1. The minimum atomic E-state index is -0.698. The number of anilines is 2. The van der Waals surface area contributed by atoms with Crippen molar-refractivity contribution >= 4 is 50.6 Å². The van der Waals surface area contributed by atoms with Gasteiger partial charge in [0, 0.05) is 10.2 Å². The highest BCUT2D eigenvalue weighted by Gasteiger charge is 2.21. The van der Waals surface area contributed by atoms with E-state index in [-0.39, 0.29) is 11.4 Å². The van der Waals surface area contributed by atoms with Crippen LogP contribution in [0.3, 0.4) is 0 Å². The van der Waals surface area contributed by atoms with Crippen LogP contribution in [0.25, 0.3) is 0 Å². The topological polar surface area (TPSA) is 111 Å². The summed E-state index contributed by atoms with van der Waals surface area (Å²) in [5.41, 5.74) is 5.26. The molecule has 2 aromatic rings. The molecule has 0 saturated carbocycles. The summed E-state index contributed by atoms with van der Waals surface area (Å²) in [7, 11) is 0. The second-order valence-electron chi connectivity index (χ2n) is 3.97. The number of amides is 1. The Labute approximate surface area is 132 Å². The maximum Gasteiger partial charge on any atom is 0.300 e. The van der Waals surface area contributed by atoms with E-state index in [2.05, 4.69) is 26.2 Å². The molecule has 7 nitrogen and oxygen atoms in total. The first-order chi connectivity index (χ1) is 9.88. The molecule has 0 atom stereocenters. The Balaban J connectivity index is 2.34. The van der Waals surface area contributed by atoms with Gasteiger partial charge in [0.25, 0.3) is 11.6 Å². The number of nitrogens with one attached hydrogen (secondary N) is 1. The summed E-state index contributed by atoms with van der Waals surface area (Å²) in [4.78, 5) is 25.9. The van der Waals surface area contributed by atoms with Crippen LogP contribution in [0.1, 0.15) is 10.4 Å². The minimum absolute atomic E-state index is 0.0135. The molecule has 0 aliphatic carbocycles. The van der Waals surface area contributed by atoms with Crippen LogP contribution < -0.4 is 11.1 Å². The Morgan fingerprint density at radius 2 is 2.14 bits per heavy atom. The Bertz CT molecular complexity index is 738. The van der Waals surface area contributed by atoms with Gasteiger partial charge < -0.3 is 11.1 Å². The van der Waals surface area contributed by atoms with Crippen molar-refractivity contribution in [3.63, 3.8) is 0 Å². The normalized spacial score (nSPS) is 10.2. The molecule has 0 bridgehead atoms. The first-order valence-electron chi connectivity index (χ1n) is 5.55. The molecule has 0 radical (unpaired) electrons. The lowest BCUT2D eigenvalue weighted by Gasteiger charge is -2.07. The molecule has 1 amide bonds.